The lowest BCUT2D eigenvalue weighted by Crippen LogP contribution is -2.09. The van der Waals surface area contributed by atoms with Crippen LogP contribution in [0.1, 0.15) is 24.6 Å². The van der Waals surface area contributed by atoms with Crippen molar-refractivity contribution in [3.63, 3.8) is 0 Å². The molecule has 1 aliphatic rings. The molecule has 0 bridgehead atoms. The molecule has 0 radical (unpaired) electrons. The summed E-state index contributed by atoms with van der Waals surface area (Å²) in [6.45, 7) is 0.777. The molecule has 1 aromatic heterocycles. The van der Waals surface area contributed by atoms with Crippen LogP contribution in [0.25, 0.3) is 0 Å². The minimum atomic E-state index is -0.115. The first kappa shape index (κ1) is 7.49. The third-order valence-corrected chi connectivity index (χ3v) is 1.96. The largest absolute Gasteiger partial charge is 0.372 e. The number of hydrogen-bond donors (Lipinski definition) is 1. The summed E-state index contributed by atoms with van der Waals surface area (Å²) in [6, 6.07) is 1.50. The van der Waals surface area contributed by atoms with Crippen LogP contribution in [0.4, 0.5) is 0 Å². The van der Waals surface area contributed by atoms with Gasteiger partial charge in [0.15, 0.2) is 0 Å². The third-order valence-electron chi connectivity index (χ3n) is 1.96. The maximum Gasteiger partial charge on any atom is 0.250 e. The zero-order valence-electron chi connectivity index (χ0n) is 6.62. The summed E-state index contributed by atoms with van der Waals surface area (Å²) < 4.78 is 5.38. The van der Waals surface area contributed by atoms with Gasteiger partial charge in [-0.2, -0.15) is 0 Å². The lowest BCUT2D eigenvalue weighted by atomic mass is 10.2. The summed E-state index contributed by atoms with van der Waals surface area (Å²) in [5.41, 5.74) is 0.631. The summed E-state index contributed by atoms with van der Waals surface area (Å²) >= 11 is 0. The van der Waals surface area contributed by atoms with Crippen molar-refractivity contribution in [2.45, 2.75) is 18.9 Å². The molecule has 0 aliphatic carbocycles. The Morgan fingerprint density at radius 3 is 3.25 bits per heavy atom. The molecule has 2 rings (SSSR count). The van der Waals surface area contributed by atoms with Gasteiger partial charge in [0.1, 0.15) is 0 Å². The van der Waals surface area contributed by atoms with Crippen molar-refractivity contribution < 1.29 is 4.74 Å². The van der Waals surface area contributed by atoms with Gasteiger partial charge in [0, 0.05) is 12.7 Å². The zero-order chi connectivity index (χ0) is 8.39. The van der Waals surface area contributed by atoms with Gasteiger partial charge in [-0.3, -0.25) is 4.79 Å². The second kappa shape index (κ2) is 3.06. The van der Waals surface area contributed by atoms with E-state index < -0.39 is 0 Å². The number of nitrogens with zero attached hydrogens (tertiary/aromatic N) is 1. The molecule has 0 unspecified atom stereocenters. The molecule has 1 aromatic rings. The Bertz CT molecular complexity index is 315. The Balaban J connectivity index is 2.27. The van der Waals surface area contributed by atoms with Crippen LogP contribution in [-0.2, 0) is 4.74 Å². The monoisotopic (exact) mass is 166 g/mol. The van der Waals surface area contributed by atoms with E-state index in [0.29, 0.717) is 0 Å². The molecule has 1 saturated heterocycles. The molecule has 2 heterocycles. The first-order chi connectivity index (χ1) is 5.86. The molecule has 1 aliphatic heterocycles. The number of ether oxygens (including phenoxy) is 1. The first-order valence-corrected chi connectivity index (χ1v) is 4.02. The summed E-state index contributed by atoms with van der Waals surface area (Å²) in [5.74, 6) is 0. The minimum absolute atomic E-state index is 0.0345. The predicted octanol–water partition coefficient (Wildman–Crippen LogP) is 0.621. The van der Waals surface area contributed by atoms with E-state index in [1.54, 1.807) is 0 Å². The van der Waals surface area contributed by atoms with E-state index in [0.717, 1.165) is 25.1 Å². The average molecular weight is 166 g/mol. The van der Waals surface area contributed by atoms with Gasteiger partial charge in [-0.05, 0) is 12.8 Å². The van der Waals surface area contributed by atoms with Crippen molar-refractivity contribution in [1.82, 2.24) is 9.97 Å². The molecular formula is C8H10N2O2. The van der Waals surface area contributed by atoms with Gasteiger partial charge in [-0.25, -0.2) is 4.98 Å². The van der Waals surface area contributed by atoms with E-state index in [4.69, 9.17) is 4.74 Å². The maximum atomic E-state index is 10.9. The molecule has 0 saturated carbocycles. The normalized spacial score (nSPS) is 22.8. The van der Waals surface area contributed by atoms with Crippen molar-refractivity contribution in [3.05, 3.63) is 28.4 Å². The molecule has 0 amide bonds. The van der Waals surface area contributed by atoms with Crippen LogP contribution in [0.2, 0.25) is 0 Å². The molecule has 1 N–H and O–H groups in total. The van der Waals surface area contributed by atoms with Gasteiger partial charge in [-0.1, -0.05) is 0 Å². The van der Waals surface area contributed by atoms with Crippen LogP contribution in [0.3, 0.4) is 0 Å². The van der Waals surface area contributed by atoms with Gasteiger partial charge in [0.25, 0.3) is 5.56 Å². The van der Waals surface area contributed by atoms with Gasteiger partial charge >= 0.3 is 0 Å². The van der Waals surface area contributed by atoms with Crippen LogP contribution in [0, 0.1) is 0 Å². The average Bonchev–Trinajstić information content (AvgIpc) is 2.56. The van der Waals surface area contributed by atoms with E-state index in [-0.39, 0.29) is 11.7 Å². The number of H-pyrrole nitrogens is 1. The fourth-order valence-electron chi connectivity index (χ4n) is 1.37. The van der Waals surface area contributed by atoms with Crippen molar-refractivity contribution in [2.75, 3.05) is 6.61 Å². The number of aromatic nitrogens is 2. The second-order valence-corrected chi connectivity index (χ2v) is 2.84. The van der Waals surface area contributed by atoms with Crippen LogP contribution < -0.4 is 5.56 Å². The standard InChI is InChI=1S/C8H10N2O2/c11-8-4-6(9-5-10-8)7-2-1-3-12-7/h4-5,7H,1-3H2,(H,9,10,11)/t7-/m0/s1. The third kappa shape index (κ3) is 1.38. The topological polar surface area (TPSA) is 55.0 Å². The van der Waals surface area contributed by atoms with E-state index >= 15 is 0 Å². The Labute approximate surface area is 69.6 Å². The highest BCUT2D eigenvalue weighted by molar-refractivity contribution is 5.03. The Morgan fingerprint density at radius 2 is 2.58 bits per heavy atom. The number of nitrogens with one attached hydrogen (secondary N) is 1. The molecule has 12 heavy (non-hydrogen) atoms. The smallest absolute Gasteiger partial charge is 0.250 e. The van der Waals surface area contributed by atoms with E-state index in [9.17, 15) is 4.79 Å². The van der Waals surface area contributed by atoms with E-state index in [1.807, 2.05) is 0 Å². The summed E-state index contributed by atoms with van der Waals surface area (Å²) in [5, 5.41) is 0. The highest BCUT2D eigenvalue weighted by Gasteiger charge is 2.18. The zero-order valence-corrected chi connectivity index (χ0v) is 6.62. The van der Waals surface area contributed by atoms with Crippen molar-refractivity contribution in [3.8, 4) is 0 Å². The molecule has 4 nitrogen and oxygen atoms in total. The summed E-state index contributed by atoms with van der Waals surface area (Å²) in [7, 11) is 0. The van der Waals surface area contributed by atoms with E-state index in [1.165, 1.54) is 12.4 Å². The maximum absolute atomic E-state index is 10.9. The van der Waals surface area contributed by atoms with Crippen molar-refractivity contribution in [1.29, 1.82) is 0 Å². The number of hydrogen-bond acceptors (Lipinski definition) is 3. The fourth-order valence-corrected chi connectivity index (χ4v) is 1.37. The summed E-state index contributed by atoms with van der Waals surface area (Å²) in [6.07, 6.45) is 3.47. The quantitative estimate of drug-likeness (QED) is 0.665. The Kier molecular flexibility index (Phi) is 1.91. The Hall–Kier alpha value is -1.16. The van der Waals surface area contributed by atoms with Gasteiger partial charge < -0.3 is 9.72 Å². The van der Waals surface area contributed by atoms with Gasteiger partial charge in [0.05, 0.1) is 18.1 Å². The molecular weight excluding hydrogens is 156 g/mol. The van der Waals surface area contributed by atoms with Crippen LogP contribution in [0.15, 0.2) is 17.2 Å². The number of aromatic amines is 1. The highest BCUT2D eigenvalue weighted by Crippen LogP contribution is 2.25. The van der Waals surface area contributed by atoms with Crippen molar-refractivity contribution in [2.24, 2.45) is 0 Å². The lowest BCUT2D eigenvalue weighted by Gasteiger charge is -2.06. The second-order valence-electron chi connectivity index (χ2n) is 2.84. The highest BCUT2D eigenvalue weighted by atomic mass is 16.5. The Morgan fingerprint density at radius 1 is 1.67 bits per heavy atom. The van der Waals surface area contributed by atoms with Crippen LogP contribution in [0.5, 0.6) is 0 Å². The van der Waals surface area contributed by atoms with E-state index in [2.05, 4.69) is 9.97 Å². The van der Waals surface area contributed by atoms with Gasteiger partial charge in [-0.15, -0.1) is 0 Å². The lowest BCUT2D eigenvalue weighted by molar-refractivity contribution is 0.108. The molecule has 1 fully saturated rings. The predicted molar refractivity (Wildman–Crippen MR) is 42.8 cm³/mol. The van der Waals surface area contributed by atoms with Crippen molar-refractivity contribution >= 4 is 0 Å². The molecule has 64 valence electrons. The van der Waals surface area contributed by atoms with Gasteiger partial charge in [0.2, 0.25) is 0 Å². The first-order valence-electron chi connectivity index (χ1n) is 4.02. The van der Waals surface area contributed by atoms with Crippen LogP contribution >= 0.6 is 0 Å². The molecule has 0 aromatic carbocycles. The summed E-state index contributed by atoms with van der Waals surface area (Å²) in [4.78, 5) is 17.4. The number of rotatable bonds is 1. The minimum Gasteiger partial charge on any atom is -0.372 e. The molecule has 4 heteroatoms. The fraction of sp³-hybridized carbons (Fsp3) is 0.500. The van der Waals surface area contributed by atoms with Crippen LogP contribution in [-0.4, -0.2) is 16.6 Å². The molecule has 1 atom stereocenters. The molecule has 0 spiro atoms. The SMILES string of the molecule is O=c1cc([C@@H]2CCCO2)nc[nH]1.